The van der Waals surface area contributed by atoms with E-state index in [2.05, 4.69) is 5.10 Å². The Kier molecular flexibility index (Phi) is 5.53. The number of imide groups is 1. The van der Waals surface area contributed by atoms with Crippen molar-refractivity contribution < 1.29 is 35.9 Å². The molecule has 1 aliphatic heterocycles. The number of fused-ring (bicyclic) bond motifs is 1. The van der Waals surface area contributed by atoms with E-state index in [1.54, 1.807) is 12.1 Å². The van der Waals surface area contributed by atoms with Gasteiger partial charge in [-0.3, -0.25) is 14.3 Å². The first-order chi connectivity index (χ1) is 15.3. The zero-order valence-corrected chi connectivity index (χ0v) is 18.7. The van der Waals surface area contributed by atoms with Crippen LogP contribution in [-0.2, 0) is 12.7 Å². The molecule has 12 heteroatoms. The van der Waals surface area contributed by atoms with Crippen LogP contribution in [0.2, 0.25) is 0 Å². The first-order valence-electron chi connectivity index (χ1n) is 9.28. The molecule has 0 radical (unpaired) electrons. The lowest BCUT2D eigenvalue weighted by Crippen LogP contribution is -2.30. The topological polar surface area (TPSA) is 55.2 Å². The largest absolute Gasteiger partial charge is 0.435 e. The molecule has 0 aliphatic carbocycles. The Hall–Kier alpha value is -2.90. The summed E-state index contributed by atoms with van der Waals surface area (Å²) in [5.41, 5.74) is -0.888. The number of halogens is 7. The van der Waals surface area contributed by atoms with E-state index in [4.69, 9.17) is 0 Å². The first kappa shape index (κ1) is 23.3. The van der Waals surface area contributed by atoms with E-state index in [-0.39, 0.29) is 27.1 Å². The third-order valence-corrected chi connectivity index (χ3v) is 5.90. The molecule has 0 atom stereocenters. The molecule has 2 amide bonds. The van der Waals surface area contributed by atoms with Gasteiger partial charge in [-0.1, -0.05) is 12.1 Å². The quantitative estimate of drug-likeness (QED) is 0.223. The smallest absolute Gasteiger partial charge is 0.268 e. The fourth-order valence-corrected chi connectivity index (χ4v) is 4.34. The molecule has 0 saturated heterocycles. The Labute approximate surface area is 196 Å². The van der Waals surface area contributed by atoms with E-state index in [0.29, 0.717) is 15.2 Å². The lowest BCUT2D eigenvalue weighted by atomic mass is 10.1. The van der Waals surface area contributed by atoms with Gasteiger partial charge in [0.2, 0.25) is 0 Å². The Morgan fingerprint density at radius 2 is 1.67 bits per heavy atom. The SMILES string of the molecule is Cc1cc(-c2cc(C(F)(F)F)nn2CC(F)(F)F)ccc1N1C(=O)c2cccc(I)c2C1=O. The number of hydrogen-bond donors (Lipinski definition) is 0. The molecule has 5 nitrogen and oxygen atoms in total. The van der Waals surface area contributed by atoms with E-state index in [1.165, 1.54) is 31.2 Å². The number of amides is 2. The molecule has 2 heterocycles. The predicted octanol–water partition coefficient (Wildman–Crippen LogP) is 5.84. The molecule has 3 aromatic rings. The number of hydrogen-bond acceptors (Lipinski definition) is 3. The van der Waals surface area contributed by atoms with Crippen LogP contribution in [0.15, 0.2) is 42.5 Å². The number of carbonyl (C=O) groups is 2. The van der Waals surface area contributed by atoms with Crippen LogP contribution in [0.4, 0.5) is 32.0 Å². The molecule has 1 aromatic heterocycles. The minimum absolute atomic E-state index is 0.0229. The number of anilines is 1. The van der Waals surface area contributed by atoms with Crippen molar-refractivity contribution in [3.8, 4) is 11.3 Å². The second-order valence-corrected chi connectivity index (χ2v) is 8.46. The summed E-state index contributed by atoms with van der Waals surface area (Å²) in [6.45, 7) is -0.210. The fourth-order valence-electron chi connectivity index (χ4n) is 3.61. The molecule has 0 fully saturated rings. The Balaban J connectivity index is 1.77. The average molecular weight is 579 g/mol. The maximum absolute atomic E-state index is 13.1. The second-order valence-electron chi connectivity index (χ2n) is 7.29. The van der Waals surface area contributed by atoms with Crippen LogP contribution in [0.5, 0.6) is 0 Å². The molecule has 1 aliphatic rings. The third kappa shape index (κ3) is 4.23. The van der Waals surface area contributed by atoms with Crippen molar-refractivity contribution in [3.05, 3.63) is 68.4 Å². The maximum atomic E-state index is 13.1. The molecular formula is C21H12F6IN3O2. The third-order valence-electron chi connectivity index (χ3n) is 5.00. The van der Waals surface area contributed by atoms with Gasteiger partial charge in [0.25, 0.3) is 11.8 Å². The number of benzene rings is 2. The van der Waals surface area contributed by atoms with Gasteiger partial charge in [-0.25, -0.2) is 4.90 Å². The summed E-state index contributed by atoms with van der Waals surface area (Å²) in [6, 6.07) is 9.22. The number of nitrogens with zero attached hydrogens (tertiary/aromatic N) is 3. The highest BCUT2D eigenvalue weighted by atomic mass is 127. The van der Waals surface area contributed by atoms with Crippen molar-refractivity contribution in [2.24, 2.45) is 0 Å². The van der Waals surface area contributed by atoms with E-state index in [0.717, 1.165) is 4.90 Å². The summed E-state index contributed by atoms with van der Waals surface area (Å²) in [4.78, 5) is 26.7. The van der Waals surface area contributed by atoms with Crippen LogP contribution in [-0.4, -0.2) is 27.8 Å². The molecule has 4 rings (SSSR count). The first-order valence-corrected chi connectivity index (χ1v) is 10.4. The fraction of sp³-hybridized carbons (Fsp3) is 0.190. The minimum Gasteiger partial charge on any atom is -0.268 e. The number of alkyl halides is 6. The predicted molar refractivity (Wildman–Crippen MR) is 114 cm³/mol. The molecule has 0 saturated carbocycles. The van der Waals surface area contributed by atoms with Gasteiger partial charge >= 0.3 is 12.4 Å². The van der Waals surface area contributed by atoms with Crippen LogP contribution < -0.4 is 4.90 Å². The number of aromatic nitrogens is 2. The van der Waals surface area contributed by atoms with Gasteiger partial charge in [-0.05, 0) is 65.4 Å². The minimum atomic E-state index is -4.93. The highest BCUT2D eigenvalue weighted by Gasteiger charge is 2.40. The summed E-state index contributed by atoms with van der Waals surface area (Å²) in [5, 5.41) is 3.09. The van der Waals surface area contributed by atoms with Crippen molar-refractivity contribution >= 4 is 40.1 Å². The molecule has 33 heavy (non-hydrogen) atoms. The van der Waals surface area contributed by atoms with Crippen molar-refractivity contribution in [3.63, 3.8) is 0 Å². The van der Waals surface area contributed by atoms with Gasteiger partial charge in [0.1, 0.15) is 6.54 Å². The summed E-state index contributed by atoms with van der Waals surface area (Å²) in [5.74, 6) is -1.12. The zero-order chi connectivity index (χ0) is 24.3. The molecule has 0 bridgehead atoms. The van der Waals surface area contributed by atoms with Crippen molar-refractivity contribution in [2.45, 2.75) is 25.8 Å². The van der Waals surface area contributed by atoms with Crippen molar-refractivity contribution in [1.82, 2.24) is 9.78 Å². The van der Waals surface area contributed by atoms with Crippen molar-refractivity contribution in [2.75, 3.05) is 4.90 Å². The average Bonchev–Trinajstić information content (AvgIpc) is 3.21. The molecule has 0 spiro atoms. The van der Waals surface area contributed by atoms with Crippen molar-refractivity contribution in [1.29, 1.82) is 0 Å². The van der Waals surface area contributed by atoms with Gasteiger partial charge in [0.05, 0.1) is 22.5 Å². The van der Waals surface area contributed by atoms with Gasteiger partial charge < -0.3 is 0 Å². The highest BCUT2D eigenvalue weighted by molar-refractivity contribution is 14.1. The Morgan fingerprint density at radius 3 is 2.24 bits per heavy atom. The van der Waals surface area contributed by atoms with Crippen LogP contribution in [0, 0.1) is 10.5 Å². The van der Waals surface area contributed by atoms with Crippen LogP contribution in [0.25, 0.3) is 11.3 Å². The summed E-state index contributed by atoms with van der Waals surface area (Å²) < 4.78 is 78.8. The lowest BCUT2D eigenvalue weighted by molar-refractivity contribution is -0.148. The van der Waals surface area contributed by atoms with Crippen LogP contribution in [0.3, 0.4) is 0 Å². The van der Waals surface area contributed by atoms with Gasteiger partial charge in [0.15, 0.2) is 5.69 Å². The van der Waals surface area contributed by atoms with E-state index >= 15 is 0 Å². The summed E-state index contributed by atoms with van der Waals surface area (Å²) in [6.07, 6.45) is -9.73. The standard InChI is InChI=1S/C21H12F6IN3O2/c1-10-7-11(15-8-16(21(25,26)27)29-30(15)9-20(22,23)24)5-6-14(10)31-18(32)12-3-2-4-13(28)17(12)19(31)33/h2-8H,9H2,1H3. The van der Waals surface area contributed by atoms with Gasteiger partial charge in [-0.2, -0.15) is 31.4 Å². The number of aryl methyl sites for hydroxylation is 1. The van der Waals surface area contributed by atoms with E-state index in [9.17, 15) is 35.9 Å². The lowest BCUT2D eigenvalue weighted by Gasteiger charge is -2.18. The summed E-state index contributed by atoms with van der Waals surface area (Å²) in [7, 11) is 0. The van der Waals surface area contributed by atoms with Crippen LogP contribution in [0.1, 0.15) is 32.0 Å². The number of carbonyl (C=O) groups excluding carboxylic acids is 2. The molecule has 172 valence electrons. The molecule has 0 N–H and O–H groups in total. The Morgan fingerprint density at radius 1 is 0.970 bits per heavy atom. The molecule has 0 unspecified atom stereocenters. The normalized spacial score (nSPS) is 14.2. The van der Waals surface area contributed by atoms with Crippen LogP contribution >= 0.6 is 22.6 Å². The maximum Gasteiger partial charge on any atom is 0.435 e. The zero-order valence-electron chi connectivity index (χ0n) is 16.6. The van der Waals surface area contributed by atoms with E-state index < -0.39 is 42.1 Å². The highest BCUT2D eigenvalue weighted by Crippen LogP contribution is 2.37. The molecular weight excluding hydrogens is 567 g/mol. The summed E-state index contributed by atoms with van der Waals surface area (Å²) >= 11 is 1.93. The Bertz CT molecular complexity index is 1300. The van der Waals surface area contributed by atoms with Gasteiger partial charge in [0, 0.05) is 9.13 Å². The van der Waals surface area contributed by atoms with E-state index in [1.807, 2.05) is 22.6 Å². The monoisotopic (exact) mass is 579 g/mol. The second kappa shape index (κ2) is 7.85. The number of rotatable bonds is 3. The molecule has 2 aromatic carbocycles. The van der Waals surface area contributed by atoms with Gasteiger partial charge in [-0.15, -0.1) is 0 Å².